The smallest absolute Gasteiger partial charge is 0.311 e. The van der Waals surface area contributed by atoms with Gasteiger partial charge in [-0.1, -0.05) is 209 Å². The van der Waals surface area contributed by atoms with Gasteiger partial charge in [-0.3, -0.25) is 4.79 Å². The summed E-state index contributed by atoms with van der Waals surface area (Å²) in [4.78, 5) is 12.4. The van der Waals surface area contributed by atoms with Crippen molar-refractivity contribution in [3.63, 3.8) is 0 Å². The summed E-state index contributed by atoms with van der Waals surface area (Å²) >= 11 is 2.45. The van der Waals surface area contributed by atoms with Crippen LogP contribution in [0.1, 0.15) is 225 Å². The summed E-state index contributed by atoms with van der Waals surface area (Å²) in [6.07, 6.45) is 39.2. The third-order valence-corrected chi connectivity index (χ3v) is 18.0. The Labute approximate surface area is 382 Å². The van der Waals surface area contributed by atoms with Gasteiger partial charge in [0.05, 0.1) is 5.76 Å². The van der Waals surface area contributed by atoms with Gasteiger partial charge < -0.3 is 9.47 Å². The maximum Gasteiger partial charge on any atom is 0.311 e. The van der Waals surface area contributed by atoms with Gasteiger partial charge in [0.25, 0.3) is 0 Å². The molecule has 0 aliphatic carbocycles. The Morgan fingerprint density at radius 2 is 0.900 bits per heavy atom. The molecule has 0 amide bonds. The van der Waals surface area contributed by atoms with E-state index >= 15 is 0 Å². The summed E-state index contributed by atoms with van der Waals surface area (Å²) in [6.45, 7) is 13.0. The van der Waals surface area contributed by atoms with Gasteiger partial charge in [0.2, 0.25) is 0 Å². The fourth-order valence-electron chi connectivity index (χ4n) is 8.42. The van der Waals surface area contributed by atoms with E-state index in [-0.39, 0.29) is 5.97 Å². The second kappa shape index (κ2) is 34.9. The maximum absolute atomic E-state index is 12.4. The molecule has 4 unspecified atom stereocenters. The van der Waals surface area contributed by atoms with E-state index in [0.29, 0.717) is 12.2 Å². The molecule has 1 saturated heterocycles. The molecule has 1 aliphatic rings. The summed E-state index contributed by atoms with van der Waals surface area (Å²) < 4.78 is 11.6. The Balaban J connectivity index is 1.43. The lowest BCUT2D eigenvalue weighted by Crippen LogP contribution is -2.24. The van der Waals surface area contributed by atoms with Crippen molar-refractivity contribution in [3.05, 3.63) is 72.0 Å². The fourth-order valence-corrected chi connectivity index (χ4v) is 14.8. The molecule has 0 spiro atoms. The minimum Gasteiger partial charge on any atom is -0.462 e. The van der Waals surface area contributed by atoms with Gasteiger partial charge in [-0.05, 0) is 93.2 Å². The minimum absolute atomic E-state index is 0.0878. The molecule has 1 aliphatic heterocycles. The molecule has 0 bridgehead atoms. The van der Waals surface area contributed by atoms with E-state index in [4.69, 9.17) is 9.47 Å². The van der Waals surface area contributed by atoms with Crippen molar-refractivity contribution < 1.29 is 14.3 Å². The van der Waals surface area contributed by atoms with Crippen LogP contribution in [-0.4, -0.2) is 27.0 Å². The standard InChI is InChI=1S/C54H88O3S3/c1-6-10-13-18-29-42-54(55)57-49-37-31-35-47(44-49)33-24-20-17-22-28-41-53-51(39-26-15-12-8-3)58-50(38-25-14-11-7-2)52(59-60-53)40-27-21-16-19-23-32-46-34-30-36-48(43-46)56-45(5)9-4/h30-31,34-37,43-44,50-53H,5-29,32-33,38-42H2,1-4H3. The van der Waals surface area contributed by atoms with Gasteiger partial charge in [0.1, 0.15) is 11.5 Å². The highest BCUT2D eigenvalue weighted by molar-refractivity contribution is 8.77. The number of thioether (sulfide) groups is 1. The van der Waals surface area contributed by atoms with E-state index in [9.17, 15) is 4.79 Å². The van der Waals surface area contributed by atoms with E-state index in [1.165, 1.54) is 172 Å². The summed E-state index contributed by atoms with van der Waals surface area (Å²) in [5.41, 5.74) is 2.67. The highest BCUT2D eigenvalue weighted by atomic mass is 33.1. The second-order valence-corrected chi connectivity index (χ2v) is 22.0. The second-order valence-electron chi connectivity index (χ2n) is 17.7. The van der Waals surface area contributed by atoms with Crippen LogP contribution in [0.4, 0.5) is 0 Å². The largest absolute Gasteiger partial charge is 0.462 e. The molecule has 0 N–H and O–H groups in total. The van der Waals surface area contributed by atoms with Crippen LogP contribution in [0.25, 0.3) is 0 Å². The molecule has 1 fully saturated rings. The van der Waals surface area contributed by atoms with E-state index < -0.39 is 0 Å². The molecule has 340 valence electrons. The predicted octanol–water partition coefficient (Wildman–Crippen LogP) is 18.3. The number of hydrogen-bond acceptors (Lipinski definition) is 6. The number of benzene rings is 2. The molecule has 60 heavy (non-hydrogen) atoms. The van der Waals surface area contributed by atoms with Gasteiger partial charge >= 0.3 is 5.97 Å². The highest BCUT2D eigenvalue weighted by Crippen LogP contribution is 2.51. The minimum atomic E-state index is -0.0878. The number of aryl methyl sites for hydroxylation is 2. The van der Waals surface area contributed by atoms with Crippen molar-refractivity contribution in [2.45, 2.75) is 248 Å². The Bertz CT molecular complexity index is 1380. The lowest BCUT2D eigenvalue weighted by atomic mass is 10.0. The number of ether oxygens (including phenoxy) is 2. The van der Waals surface area contributed by atoms with Crippen molar-refractivity contribution in [1.82, 2.24) is 0 Å². The monoisotopic (exact) mass is 881 g/mol. The molecule has 3 nitrogen and oxygen atoms in total. The van der Waals surface area contributed by atoms with Crippen molar-refractivity contribution in [2.75, 3.05) is 0 Å². The average Bonchev–Trinajstić information content (AvgIpc) is 3.41. The molecule has 2 aromatic rings. The van der Waals surface area contributed by atoms with Gasteiger partial charge in [-0.25, -0.2) is 0 Å². The van der Waals surface area contributed by atoms with Crippen molar-refractivity contribution >= 4 is 39.3 Å². The van der Waals surface area contributed by atoms with Crippen LogP contribution in [0.2, 0.25) is 0 Å². The quantitative estimate of drug-likeness (QED) is 0.0223. The molecule has 6 heteroatoms. The molecule has 4 atom stereocenters. The number of carbonyl (C=O) groups is 1. The van der Waals surface area contributed by atoms with E-state index in [1.807, 2.05) is 18.2 Å². The number of carbonyl (C=O) groups excluding carboxylic acids is 1. The highest BCUT2D eigenvalue weighted by Gasteiger charge is 2.34. The Hall–Kier alpha value is -1.50. The zero-order chi connectivity index (χ0) is 42.9. The summed E-state index contributed by atoms with van der Waals surface area (Å²) in [5, 5.41) is 3.21. The van der Waals surface area contributed by atoms with Gasteiger partial charge in [-0.15, -0.1) is 0 Å². The fraction of sp³-hybridized carbons (Fsp3) is 0.722. The van der Waals surface area contributed by atoms with Crippen molar-refractivity contribution in [1.29, 1.82) is 0 Å². The third kappa shape index (κ3) is 24.4. The number of esters is 1. The topological polar surface area (TPSA) is 35.5 Å². The molecule has 0 radical (unpaired) electrons. The lowest BCUT2D eigenvalue weighted by molar-refractivity contribution is -0.134. The van der Waals surface area contributed by atoms with Crippen LogP contribution in [0, 0.1) is 0 Å². The Morgan fingerprint density at radius 1 is 0.500 bits per heavy atom. The molecular weight excluding hydrogens is 793 g/mol. The molecule has 3 rings (SSSR count). The first-order chi connectivity index (χ1) is 29.4. The van der Waals surface area contributed by atoms with E-state index in [2.05, 4.69) is 98.0 Å². The van der Waals surface area contributed by atoms with Gasteiger partial charge in [0.15, 0.2) is 0 Å². The van der Waals surface area contributed by atoms with E-state index in [0.717, 1.165) is 64.6 Å². The number of allylic oxidation sites excluding steroid dienone is 1. The molecule has 0 aromatic heterocycles. The first-order valence-corrected chi connectivity index (χ1v) is 28.4. The first-order valence-electron chi connectivity index (χ1n) is 25.2. The van der Waals surface area contributed by atoms with Gasteiger partial charge in [0, 0.05) is 33.8 Å². The van der Waals surface area contributed by atoms with Crippen molar-refractivity contribution in [3.8, 4) is 11.5 Å². The maximum atomic E-state index is 12.4. The SMILES string of the molecule is C=C(CC)Oc1cccc(CCCCCCCC2SSC(CCCCCCCc3cccc(OC(=O)CCCCCCC)c3)C(CCCCCC)SC2CCCCCC)c1. The van der Waals surface area contributed by atoms with Crippen LogP contribution >= 0.6 is 33.3 Å². The number of unbranched alkanes of at least 4 members (excludes halogenated alkanes) is 18. The zero-order valence-electron chi connectivity index (χ0n) is 39.0. The van der Waals surface area contributed by atoms with Crippen LogP contribution in [-0.2, 0) is 17.6 Å². The Kier molecular flexibility index (Phi) is 30.8. The predicted molar refractivity (Wildman–Crippen MR) is 270 cm³/mol. The van der Waals surface area contributed by atoms with Crippen LogP contribution in [0.3, 0.4) is 0 Å². The average molecular weight is 881 g/mol. The molecule has 0 saturated carbocycles. The summed E-state index contributed by atoms with van der Waals surface area (Å²) in [5.74, 6) is 2.39. The molecule has 2 aromatic carbocycles. The van der Waals surface area contributed by atoms with Crippen molar-refractivity contribution in [2.24, 2.45) is 0 Å². The zero-order valence-corrected chi connectivity index (χ0v) is 41.5. The van der Waals surface area contributed by atoms with Crippen LogP contribution in [0.15, 0.2) is 60.9 Å². The van der Waals surface area contributed by atoms with Crippen LogP contribution in [0.5, 0.6) is 11.5 Å². The van der Waals surface area contributed by atoms with Gasteiger partial charge in [-0.2, -0.15) is 11.8 Å². The normalized spacial score (nSPS) is 18.0. The third-order valence-electron chi connectivity index (χ3n) is 12.2. The first kappa shape index (κ1) is 52.8. The van der Waals surface area contributed by atoms with E-state index in [1.54, 1.807) is 0 Å². The lowest BCUT2D eigenvalue weighted by Gasteiger charge is -2.27. The summed E-state index contributed by atoms with van der Waals surface area (Å²) in [7, 11) is 4.62. The number of hydrogen-bond donors (Lipinski definition) is 0. The Morgan fingerprint density at radius 3 is 1.38 bits per heavy atom. The molecule has 1 heterocycles. The van der Waals surface area contributed by atoms with Crippen LogP contribution < -0.4 is 9.47 Å². The summed E-state index contributed by atoms with van der Waals surface area (Å²) in [6, 6.07) is 16.9. The molecular formula is C54H88O3S3. The number of rotatable bonds is 36.